The van der Waals surface area contributed by atoms with E-state index in [1.807, 2.05) is 25.1 Å². The van der Waals surface area contributed by atoms with Crippen molar-refractivity contribution in [1.82, 2.24) is 0 Å². The molecule has 0 saturated heterocycles. The van der Waals surface area contributed by atoms with Crippen molar-refractivity contribution < 1.29 is 4.39 Å². The molecule has 0 amide bonds. The van der Waals surface area contributed by atoms with Crippen molar-refractivity contribution in [1.29, 1.82) is 0 Å². The fraction of sp³-hybridized carbons (Fsp3) is 0.167. The van der Waals surface area contributed by atoms with Gasteiger partial charge in [0.1, 0.15) is 5.82 Å². The quantitative estimate of drug-likeness (QED) is 0.734. The van der Waals surface area contributed by atoms with E-state index in [9.17, 15) is 4.39 Å². The van der Waals surface area contributed by atoms with E-state index in [0.717, 1.165) is 13.1 Å². The summed E-state index contributed by atoms with van der Waals surface area (Å²) < 4.78 is 15.4. The number of hydrogen-bond donors (Lipinski definition) is 1. The summed E-state index contributed by atoms with van der Waals surface area (Å²) in [6.45, 7) is 2.01. The fourth-order valence-corrected chi connectivity index (χ4v) is 3.37. The van der Waals surface area contributed by atoms with Crippen LogP contribution in [0.2, 0.25) is 0 Å². The van der Waals surface area contributed by atoms with Crippen LogP contribution in [0, 0.1) is 5.82 Å². The third kappa shape index (κ3) is 3.09. The van der Waals surface area contributed by atoms with Gasteiger partial charge >= 0.3 is 0 Å². The first-order chi connectivity index (χ1) is 8.08. The van der Waals surface area contributed by atoms with Gasteiger partial charge in [0.2, 0.25) is 0 Å². The van der Waals surface area contributed by atoms with Crippen LogP contribution in [0.5, 0.6) is 0 Å². The van der Waals surface area contributed by atoms with Crippen molar-refractivity contribution in [2.24, 2.45) is 0 Å². The molecule has 1 aromatic heterocycles. The van der Waals surface area contributed by atoms with Crippen molar-refractivity contribution in [3.63, 3.8) is 0 Å². The van der Waals surface area contributed by atoms with Crippen molar-refractivity contribution in [2.45, 2.75) is 13.0 Å². The van der Waals surface area contributed by atoms with Crippen LogP contribution in [0.25, 0.3) is 0 Å². The molecule has 90 valence electrons. The Morgan fingerprint density at radius 3 is 2.59 bits per heavy atom. The van der Waals surface area contributed by atoms with Crippen LogP contribution in [0.15, 0.2) is 38.6 Å². The van der Waals surface area contributed by atoms with Crippen LogP contribution in [0.3, 0.4) is 0 Å². The van der Waals surface area contributed by atoms with Gasteiger partial charge in [-0.25, -0.2) is 4.39 Å². The molecular formula is C12H10Br2FNS. The summed E-state index contributed by atoms with van der Waals surface area (Å²) >= 11 is 8.41. The van der Waals surface area contributed by atoms with Crippen LogP contribution in [0.4, 0.5) is 10.1 Å². The number of benzene rings is 1. The maximum absolute atomic E-state index is 13.6. The average molecular weight is 379 g/mol. The molecule has 0 aliphatic rings. The number of anilines is 1. The third-order valence-corrected chi connectivity index (χ3v) is 4.81. The summed E-state index contributed by atoms with van der Waals surface area (Å²) in [6.07, 6.45) is 0. The molecule has 0 bridgehead atoms. The number of thiophene rings is 1. The highest BCUT2D eigenvalue weighted by atomic mass is 79.9. The Morgan fingerprint density at radius 2 is 2.00 bits per heavy atom. The molecule has 1 nitrogen and oxygen atoms in total. The van der Waals surface area contributed by atoms with Gasteiger partial charge in [-0.2, -0.15) is 0 Å². The molecule has 0 spiro atoms. The van der Waals surface area contributed by atoms with Crippen molar-refractivity contribution >= 4 is 48.9 Å². The molecule has 0 aliphatic carbocycles. The molecule has 1 atom stereocenters. The summed E-state index contributed by atoms with van der Waals surface area (Å²) in [4.78, 5) is 1.16. The molecule has 5 heteroatoms. The minimum atomic E-state index is -0.248. The van der Waals surface area contributed by atoms with E-state index in [1.54, 1.807) is 17.4 Å². The van der Waals surface area contributed by atoms with Crippen LogP contribution >= 0.6 is 43.2 Å². The second-order valence-corrected chi connectivity index (χ2v) is 6.95. The molecule has 1 unspecified atom stereocenters. The lowest BCUT2D eigenvalue weighted by Gasteiger charge is -2.15. The minimum absolute atomic E-state index is 0.0690. The number of halogens is 3. The Morgan fingerprint density at radius 1 is 1.24 bits per heavy atom. The summed E-state index contributed by atoms with van der Waals surface area (Å²) in [5.41, 5.74) is 0.504. The lowest BCUT2D eigenvalue weighted by atomic mass is 10.2. The molecular weight excluding hydrogens is 369 g/mol. The van der Waals surface area contributed by atoms with E-state index in [0.29, 0.717) is 5.69 Å². The predicted molar refractivity (Wildman–Crippen MR) is 78.2 cm³/mol. The maximum Gasteiger partial charge on any atom is 0.147 e. The Hall–Kier alpha value is -0.390. The molecule has 1 heterocycles. The molecule has 0 aliphatic heterocycles. The minimum Gasteiger partial charge on any atom is -0.374 e. The van der Waals surface area contributed by atoms with Gasteiger partial charge in [0.15, 0.2) is 0 Å². The highest BCUT2D eigenvalue weighted by molar-refractivity contribution is 9.11. The zero-order chi connectivity index (χ0) is 12.4. The fourth-order valence-electron chi connectivity index (χ4n) is 1.48. The molecule has 0 saturated carbocycles. The third-order valence-electron chi connectivity index (χ3n) is 2.34. The number of nitrogens with one attached hydrogen (secondary N) is 1. The Bertz CT molecular complexity index is 507. The monoisotopic (exact) mass is 377 g/mol. The number of rotatable bonds is 3. The first kappa shape index (κ1) is 13.1. The summed E-state index contributed by atoms with van der Waals surface area (Å²) in [6, 6.07) is 9.04. The molecule has 17 heavy (non-hydrogen) atoms. The van der Waals surface area contributed by atoms with E-state index in [-0.39, 0.29) is 11.9 Å². The van der Waals surface area contributed by atoms with Gasteiger partial charge in [-0.05, 0) is 63.0 Å². The zero-order valence-corrected chi connectivity index (χ0v) is 13.0. The predicted octanol–water partition coefficient (Wildman–Crippen LogP) is 5.59. The summed E-state index contributed by atoms with van der Waals surface area (Å²) in [5, 5.41) is 3.18. The first-order valence-corrected chi connectivity index (χ1v) is 7.44. The molecule has 2 aromatic rings. The number of hydrogen-bond acceptors (Lipinski definition) is 2. The summed E-state index contributed by atoms with van der Waals surface area (Å²) in [7, 11) is 0. The molecule has 1 N–H and O–H groups in total. The van der Waals surface area contributed by atoms with Crippen molar-refractivity contribution in [3.8, 4) is 0 Å². The van der Waals surface area contributed by atoms with Gasteiger partial charge in [-0.15, -0.1) is 11.3 Å². The largest absolute Gasteiger partial charge is 0.374 e. The maximum atomic E-state index is 13.6. The van der Waals surface area contributed by atoms with Gasteiger partial charge in [0.05, 0.1) is 15.5 Å². The normalized spacial score (nSPS) is 12.5. The van der Waals surface area contributed by atoms with E-state index in [4.69, 9.17) is 0 Å². The molecule has 0 fully saturated rings. The topological polar surface area (TPSA) is 12.0 Å². The zero-order valence-electron chi connectivity index (χ0n) is 9.01. The average Bonchev–Trinajstić information content (AvgIpc) is 2.70. The lowest BCUT2D eigenvalue weighted by molar-refractivity contribution is 0.627. The van der Waals surface area contributed by atoms with Crippen molar-refractivity contribution in [3.05, 3.63) is 49.3 Å². The Balaban J connectivity index is 2.21. The second-order valence-electron chi connectivity index (χ2n) is 3.60. The van der Waals surface area contributed by atoms with Crippen LogP contribution in [-0.4, -0.2) is 0 Å². The highest BCUT2D eigenvalue weighted by Gasteiger charge is 2.12. The number of para-hydroxylation sites is 1. The lowest BCUT2D eigenvalue weighted by Crippen LogP contribution is -2.06. The second kappa shape index (κ2) is 5.50. The molecule has 0 radical (unpaired) electrons. The van der Waals surface area contributed by atoms with E-state index in [1.165, 1.54) is 6.07 Å². The molecule has 1 aromatic carbocycles. The standard InChI is InChI=1S/C12H10Br2FNS/c1-7(10-5-6-11(14)17-10)16-12-8(13)3-2-4-9(12)15/h2-7,16H,1H3. The SMILES string of the molecule is CC(Nc1c(F)cccc1Br)c1ccc(Br)s1. The first-order valence-electron chi connectivity index (χ1n) is 5.03. The van der Waals surface area contributed by atoms with Gasteiger partial charge in [0, 0.05) is 9.35 Å². The van der Waals surface area contributed by atoms with E-state index < -0.39 is 0 Å². The van der Waals surface area contributed by atoms with Crippen LogP contribution in [0.1, 0.15) is 17.8 Å². The molecule has 2 rings (SSSR count). The van der Waals surface area contributed by atoms with Gasteiger partial charge in [-0.1, -0.05) is 6.07 Å². The Kier molecular flexibility index (Phi) is 4.22. The van der Waals surface area contributed by atoms with Gasteiger partial charge in [0.25, 0.3) is 0 Å². The van der Waals surface area contributed by atoms with Crippen molar-refractivity contribution in [2.75, 3.05) is 5.32 Å². The Labute approximate surface area is 120 Å². The van der Waals surface area contributed by atoms with E-state index >= 15 is 0 Å². The van der Waals surface area contributed by atoms with Crippen LogP contribution < -0.4 is 5.32 Å². The van der Waals surface area contributed by atoms with E-state index in [2.05, 4.69) is 37.2 Å². The highest BCUT2D eigenvalue weighted by Crippen LogP contribution is 2.32. The summed E-state index contributed by atoms with van der Waals surface area (Å²) in [5.74, 6) is -0.248. The smallest absolute Gasteiger partial charge is 0.147 e. The van der Waals surface area contributed by atoms with Gasteiger partial charge in [-0.3, -0.25) is 0 Å². The van der Waals surface area contributed by atoms with Crippen LogP contribution in [-0.2, 0) is 0 Å². The van der Waals surface area contributed by atoms with Gasteiger partial charge < -0.3 is 5.32 Å².